The third-order valence-corrected chi connectivity index (χ3v) is 3.73. The Kier molecular flexibility index (Phi) is 5.28. The van der Waals surface area contributed by atoms with E-state index in [1.54, 1.807) is 6.07 Å². The van der Waals surface area contributed by atoms with Crippen LogP contribution in [0.1, 0.15) is 17.2 Å². The van der Waals surface area contributed by atoms with Crippen molar-refractivity contribution in [3.8, 4) is 6.07 Å². The molecule has 6 nitrogen and oxygen atoms in total. The van der Waals surface area contributed by atoms with Crippen molar-refractivity contribution in [2.24, 2.45) is 0 Å². The van der Waals surface area contributed by atoms with Gasteiger partial charge >= 0.3 is 0 Å². The summed E-state index contributed by atoms with van der Waals surface area (Å²) >= 11 is 0. The zero-order valence-electron chi connectivity index (χ0n) is 13.1. The van der Waals surface area contributed by atoms with Crippen LogP contribution in [0.15, 0.2) is 48.5 Å². The molecular formula is C17H19N4O2+. The van der Waals surface area contributed by atoms with Gasteiger partial charge in [-0.3, -0.25) is 10.1 Å². The smallest absolute Gasteiger partial charge is 0.270 e. The lowest BCUT2D eigenvalue weighted by Crippen LogP contribution is -3.06. The van der Waals surface area contributed by atoms with Crippen molar-refractivity contribution in [2.75, 3.05) is 26.0 Å². The first-order valence-electron chi connectivity index (χ1n) is 7.30. The SMILES string of the molecule is C[NH+](C)[C@@H](CNc1ccc([N+](=O)[O-])cc1C#N)c1ccccc1. The molecule has 2 rings (SSSR count). The van der Waals surface area contributed by atoms with E-state index >= 15 is 0 Å². The second-order valence-electron chi connectivity index (χ2n) is 5.52. The molecule has 0 bridgehead atoms. The fourth-order valence-electron chi connectivity index (χ4n) is 2.45. The number of nitrogens with zero attached hydrogens (tertiary/aromatic N) is 2. The molecule has 0 saturated heterocycles. The third kappa shape index (κ3) is 4.05. The molecule has 0 aromatic heterocycles. The summed E-state index contributed by atoms with van der Waals surface area (Å²) in [5.74, 6) is 0. The molecule has 23 heavy (non-hydrogen) atoms. The lowest BCUT2D eigenvalue weighted by atomic mass is 10.1. The normalized spacial score (nSPS) is 11.7. The van der Waals surface area contributed by atoms with Crippen molar-refractivity contribution in [3.05, 3.63) is 69.8 Å². The largest absolute Gasteiger partial charge is 0.378 e. The van der Waals surface area contributed by atoms with Crippen molar-refractivity contribution in [3.63, 3.8) is 0 Å². The molecule has 6 heteroatoms. The summed E-state index contributed by atoms with van der Waals surface area (Å²) in [6.45, 7) is 0.624. The molecule has 0 saturated carbocycles. The van der Waals surface area contributed by atoms with E-state index in [4.69, 9.17) is 0 Å². The second kappa shape index (κ2) is 7.38. The van der Waals surface area contributed by atoms with Gasteiger partial charge in [-0.15, -0.1) is 0 Å². The Morgan fingerprint density at radius 3 is 2.52 bits per heavy atom. The van der Waals surface area contributed by atoms with Gasteiger partial charge in [-0.05, 0) is 6.07 Å². The predicted octanol–water partition coefficient (Wildman–Crippen LogP) is 1.76. The highest BCUT2D eigenvalue weighted by Gasteiger charge is 2.18. The van der Waals surface area contributed by atoms with Crippen molar-refractivity contribution in [1.82, 2.24) is 0 Å². The van der Waals surface area contributed by atoms with Crippen LogP contribution in [0.2, 0.25) is 0 Å². The zero-order valence-corrected chi connectivity index (χ0v) is 13.1. The van der Waals surface area contributed by atoms with E-state index in [0.717, 1.165) is 0 Å². The average molecular weight is 311 g/mol. The van der Waals surface area contributed by atoms with Gasteiger partial charge < -0.3 is 10.2 Å². The monoisotopic (exact) mass is 311 g/mol. The van der Waals surface area contributed by atoms with Crippen LogP contribution in [0.3, 0.4) is 0 Å². The van der Waals surface area contributed by atoms with Gasteiger partial charge in [-0.1, -0.05) is 30.3 Å². The quantitative estimate of drug-likeness (QED) is 0.629. The van der Waals surface area contributed by atoms with E-state index in [1.807, 2.05) is 24.3 Å². The van der Waals surface area contributed by atoms with E-state index in [-0.39, 0.29) is 17.3 Å². The van der Waals surface area contributed by atoms with Crippen LogP contribution in [-0.4, -0.2) is 25.6 Å². The Hall–Kier alpha value is -2.91. The first kappa shape index (κ1) is 16.5. The maximum atomic E-state index is 10.8. The van der Waals surface area contributed by atoms with Crippen molar-refractivity contribution in [1.29, 1.82) is 5.26 Å². The molecule has 2 aromatic rings. The summed E-state index contributed by atoms with van der Waals surface area (Å²) in [6, 6.07) is 16.6. The minimum Gasteiger partial charge on any atom is -0.378 e. The molecule has 0 aliphatic rings. The number of hydrogen-bond donors (Lipinski definition) is 2. The van der Waals surface area contributed by atoms with Gasteiger partial charge in [0.1, 0.15) is 12.1 Å². The first-order chi connectivity index (χ1) is 11.0. The summed E-state index contributed by atoms with van der Waals surface area (Å²) in [7, 11) is 4.14. The van der Waals surface area contributed by atoms with Crippen LogP contribution < -0.4 is 10.2 Å². The standard InChI is InChI=1S/C17H18N4O2/c1-20(2)17(13-6-4-3-5-7-13)12-19-16-9-8-15(21(22)23)10-14(16)11-18/h3-10,17,19H,12H2,1-2H3/p+1/t17-/m0/s1. The van der Waals surface area contributed by atoms with Gasteiger partial charge in [0.2, 0.25) is 0 Å². The van der Waals surface area contributed by atoms with Gasteiger partial charge in [0.05, 0.1) is 36.8 Å². The number of non-ortho nitro benzene ring substituents is 1. The molecular weight excluding hydrogens is 292 g/mol. The lowest BCUT2D eigenvalue weighted by Gasteiger charge is -2.23. The molecule has 0 fully saturated rings. The van der Waals surface area contributed by atoms with Crippen molar-refractivity contribution in [2.45, 2.75) is 6.04 Å². The molecule has 0 amide bonds. The van der Waals surface area contributed by atoms with E-state index in [0.29, 0.717) is 12.2 Å². The first-order valence-corrected chi connectivity index (χ1v) is 7.30. The third-order valence-electron chi connectivity index (χ3n) is 3.73. The van der Waals surface area contributed by atoms with E-state index in [2.05, 4.69) is 31.5 Å². The maximum absolute atomic E-state index is 10.8. The zero-order chi connectivity index (χ0) is 16.8. The number of nitro groups is 1. The molecule has 0 heterocycles. The van der Waals surface area contributed by atoms with E-state index < -0.39 is 4.92 Å². The number of hydrogen-bond acceptors (Lipinski definition) is 4. The summed E-state index contributed by atoms with van der Waals surface area (Å²) in [6.07, 6.45) is 0. The van der Waals surface area contributed by atoms with E-state index in [9.17, 15) is 15.4 Å². The fraction of sp³-hybridized carbons (Fsp3) is 0.235. The minimum atomic E-state index is -0.499. The number of nitrogens with one attached hydrogen (secondary N) is 2. The molecule has 0 radical (unpaired) electrons. The van der Waals surface area contributed by atoms with Gasteiger partial charge in [0, 0.05) is 17.7 Å². The number of anilines is 1. The number of nitro benzene ring substituents is 1. The Morgan fingerprint density at radius 2 is 1.96 bits per heavy atom. The van der Waals surface area contributed by atoms with Crippen LogP contribution in [-0.2, 0) is 0 Å². The van der Waals surface area contributed by atoms with Crippen LogP contribution in [0.5, 0.6) is 0 Å². The van der Waals surface area contributed by atoms with Gasteiger partial charge in [0.15, 0.2) is 0 Å². The maximum Gasteiger partial charge on any atom is 0.270 e. The molecule has 2 N–H and O–H groups in total. The van der Waals surface area contributed by atoms with E-state index in [1.165, 1.54) is 22.6 Å². The highest BCUT2D eigenvalue weighted by Crippen LogP contribution is 2.22. The predicted molar refractivity (Wildman–Crippen MR) is 88.3 cm³/mol. The molecule has 118 valence electrons. The Labute approximate surface area is 135 Å². The minimum absolute atomic E-state index is 0.0788. The summed E-state index contributed by atoms with van der Waals surface area (Å²) in [5.41, 5.74) is 2.01. The van der Waals surface area contributed by atoms with Crippen LogP contribution in [0.25, 0.3) is 0 Å². The van der Waals surface area contributed by atoms with Gasteiger partial charge in [0.25, 0.3) is 5.69 Å². The molecule has 0 unspecified atom stereocenters. The number of rotatable bonds is 6. The van der Waals surface area contributed by atoms with Crippen molar-refractivity contribution >= 4 is 11.4 Å². The van der Waals surface area contributed by atoms with Crippen LogP contribution in [0, 0.1) is 21.4 Å². The van der Waals surface area contributed by atoms with Gasteiger partial charge in [-0.2, -0.15) is 5.26 Å². The highest BCUT2D eigenvalue weighted by molar-refractivity contribution is 5.61. The summed E-state index contributed by atoms with van der Waals surface area (Å²) in [5, 5.41) is 23.2. The summed E-state index contributed by atoms with van der Waals surface area (Å²) < 4.78 is 0. The molecule has 2 aromatic carbocycles. The van der Waals surface area contributed by atoms with Crippen LogP contribution >= 0.6 is 0 Å². The molecule has 0 aliphatic carbocycles. The summed E-state index contributed by atoms with van der Waals surface area (Å²) in [4.78, 5) is 11.5. The average Bonchev–Trinajstić information content (AvgIpc) is 2.55. The second-order valence-corrected chi connectivity index (χ2v) is 5.52. The fourth-order valence-corrected chi connectivity index (χ4v) is 2.45. The Bertz CT molecular complexity index is 723. The number of likely N-dealkylation sites (N-methyl/N-ethyl adjacent to an activating group) is 1. The number of quaternary nitrogens is 1. The van der Waals surface area contributed by atoms with Gasteiger partial charge in [-0.25, -0.2) is 0 Å². The topological polar surface area (TPSA) is 83.4 Å². The number of nitriles is 1. The highest BCUT2D eigenvalue weighted by atomic mass is 16.6. The molecule has 0 spiro atoms. The van der Waals surface area contributed by atoms with Crippen molar-refractivity contribution < 1.29 is 9.82 Å². The molecule has 1 atom stereocenters. The molecule has 0 aliphatic heterocycles. The lowest BCUT2D eigenvalue weighted by molar-refractivity contribution is -0.890. The number of benzene rings is 2. The Balaban J connectivity index is 2.19. The Morgan fingerprint density at radius 1 is 1.26 bits per heavy atom. The van der Waals surface area contributed by atoms with Crippen LogP contribution in [0.4, 0.5) is 11.4 Å².